The Balaban J connectivity index is 1.26. The molecule has 2 heterocycles. The summed E-state index contributed by atoms with van der Waals surface area (Å²) in [6.45, 7) is 2.11. The molecule has 13 heteroatoms. The van der Waals surface area contributed by atoms with E-state index >= 15 is 0 Å². The van der Waals surface area contributed by atoms with Crippen LogP contribution in [0.3, 0.4) is 0 Å². The SMILES string of the molecule is CCC[C@H](NOCc1ccccc1)C(=O)NP(=O)(O)OC[C@H]1C=C[C@@H](n2cnc3c(N)ncnc32)C1. The first kappa shape index (κ1) is 25.9. The summed E-state index contributed by atoms with van der Waals surface area (Å²) in [5.41, 5.74) is 10.6. The van der Waals surface area contributed by atoms with Gasteiger partial charge in [0.15, 0.2) is 11.5 Å². The number of benzene rings is 1. The van der Waals surface area contributed by atoms with Gasteiger partial charge in [0.1, 0.15) is 17.9 Å². The van der Waals surface area contributed by atoms with Crippen LogP contribution in [0.1, 0.15) is 37.8 Å². The zero-order valence-electron chi connectivity index (χ0n) is 19.9. The molecule has 36 heavy (non-hydrogen) atoms. The van der Waals surface area contributed by atoms with Gasteiger partial charge in [-0.2, -0.15) is 5.48 Å². The van der Waals surface area contributed by atoms with Crippen LogP contribution < -0.4 is 16.3 Å². The molecule has 1 aromatic carbocycles. The highest BCUT2D eigenvalue weighted by molar-refractivity contribution is 7.51. The van der Waals surface area contributed by atoms with Crippen molar-refractivity contribution in [3.8, 4) is 0 Å². The third-order valence-corrected chi connectivity index (χ3v) is 6.81. The van der Waals surface area contributed by atoms with Gasteiger partial charge >= 0.3 is 7.75 Å². The maximum Gasteiger partial charge on any atom is 0.432 e. The molecule has 3 aromatic rings. The highest BCUT2D eigenvalue weighted by atomic mass is 31.2. The molecule has 1 aliphatic rings. The number of imidazole rings is 1. The largest absolute Gasteiger partial charge is 0.432 e. The average Bonchev–Trinajstić information content (AvgIpc) is 3.50. The average molecular weight is 516 g/mol. The van der Waals surface area contributed by atoms with Gasteiger partial charge in [-0.3, -0.25) is 19.2 Å². The molecule has 0 saturated carbocycles. The second-order valence-corrected chi connectivity index (χ2v) is 10.1. The minimum atomic E-state index is -4.38. The first-order valence-corrected chi connectivity index (χ1v) is 13.3. The van der Waals surface area contributed by atoms with Crippen LogP contribution in [-0.2, 0) is 25.3 Å². The van der Waals surface area contributed by atoms with Crippen LogP contribution in [0.15, 0.2) is 55.1 Å². The zero-order valence-corrected chi connectivity index (χ0v) is 20.8. The first-order chi connectivity index (χ1) is 17.4. The topological polar surface area (TPSA) is 167 Å². The molecule has 5 N–H and O–H groups in total. The molecule has 0 bridgehead atoms. The molecule has 1 amide bonds. The highest BCUT2D eigenvalue weighted by Crippen LogP contribution is 2.39. The van der Waals surface area contributed by atoms with E-state index in [9.17, 15) is 14.3 Å². The Kier molecular flexibility index (Phi) is 8.44. The second kappa shape index (κ2) is 11.7. The van der Waals surface area contributed by atoms with Crippen molar-refractivity contribution >= 4 is 30.6 Å². The number of aromatic nitrogens is 4. The van der Waals surface area contributed by atoms with Crippen molar-refractivity contribution in [1.29, 1.82) is 0 Å². The van der Waals surface area contributed by atoms with E-state index in [4.69, 9.17) is 15.1 Å². The summed E-state index contributed by atoms with van der Waals surface area (Å²) in [4.78, 5) is 40.8. The van der Waals surface area contributed by atoms with E-state index < -0.39 is 19.7 Å². The molecule has 0 spiro atoms. The zero-order chi connectivity index (χ0) is 25.5. The van der Waals surface area contributed by atoms with Crippen LogP contribution in [0, 0.1) is 5.92 Å². The van der Waals surface area contributed by atoms with Gasteiger partial charge in [0.05, 0.1) is 25.6 Å². The molecule has 0 aliphatic heterocycles. The second-order valence-electron chi connectivity index (χ2n) is 8.56. The van der Waals surface area contributed by atoms with E-state index in [0.29, 0.717) is 36.2 Å². The third kappa shape index (κ3) is 6.54. The molecule has 1 unspecified atom stereocenters. The summed E-state index contributed by atoms with van der Waals surface area (Å²) in [5.74, 6) is -0.501. The molecule has 2 aromatic heterocycles. The Morgan fingerprint density at radius 3 is 2.86 bits per heavy atom. The number of carbonyl (C=O) groups excluding carboxylic acids is 1. The Morgan fingerprint density at radius 1 is 1.28 bits per heavy atom. The number of hydroxylamine groups is 1. The lowest BCUT2D eigenvalue weighted by Crippen LogP contribution is -2.43. The maximum atomic E-state index is 12.6. The number of nitrogens with one attached hydrogen (secondary N) is 2. The van der Waals surface area contributed by atoms with Crippen molar-refractivity contribution in [1.82, 2.24) is 30.1 Å². The molecule has 0 saturated heterocycles. The number of rotatable bonds is 12. The third-order valence-electron chi connectivity index (χ3n) is 5.81. The highest BCUT2D eigenvalue weighted by Gasteiger charge is 2.30. The molecule has 4 rings (SSSR count). The van der Waals surface area contributed by atoms with Gasteiger partial charge in [-0.15, -0.1) is 0 Å². The van der Waals surface area contributed by atoms with E-state index in [2.05, 4.69) is 25.5 Å². The Hall–Kier alpha value is -3.15. The fourth-order valence-electron chi connectivity index (χ4n) is 3.97. The Bertz CT molecular complexity index is 1250. The van der Waals surface area contributed by atoms with E-state index in [1.807, 2.05) is 54.0 Å². The smallest absolute Gasteiger partial charge is 0.382 e. The van der Waals surface area contributed by atoms with Crippen molar-refractivity contribution in [2.45, 2.75) is 44.9 Å². The number of nitrogens with zero attached hydrogens (tertiary/aromatic N) is 4. The number of carbonyl (C=O) groups is 1. The molecular weight excluding hydrogens is 485 g/mol. The molecule has 1 aliphatic carbocycles. The lowest BCUT2D eigenvalue weighted by Gasteiger charge is -2.21. The van der Waals surface area contributed by atoms with Crippen molar-refractivity contribution in [2.24, 2.45) is 5.92 Å². The standard InChI is InChI=1S/C23H30N7O5P/c1-2-6-19(28-34-12-16-7-4-3-5-8-16)23(31)29-36(32,33)35-13-17-9-10-18(11-17)30-15-27-20-21(24)25-14-26-22(20)30/h3-5,7-10,14-15,17-19,28H,2,6,11-13H2,1H3,(H2,24,25,26)(H2,29,31,32,33)/t17-,18+,19-/m0/s1. The quantitative estimate of drug-likeness (QED) is 0.160. The van der Waals surface area contributed by atoms with E-state index in [1.54, 1.807) is 6.33 Å². The van der Waals surface area contributed by atoms with E-state index in [0.717, 1.165) is 5.56 Å². The van der Waals surface area contributed by atoms with Gasteiger partial charge in [0.25, 0.3) is 0 Å². The maximum absolute atomic E-state index is 12.6. The van der Waals surface area contributed by atoms with Gasteiger partial charge < -0.3 is 15.2 Å². The monoisotopic (exact) mass is 515 g/mol. The fourth-order valence-corrected chi connectivity index (χ4v) is 4.87. The Morgan fingerprint density at radius 2 is 2.08 bits per heavy atom. The summed E-state index contributed by atoms with van der Waals surface area (Å²) in [7, 11) is -4.38. The number of nitrogen functional groups attached to an aromatic ring is 1. The minimum absolute atomic E-state index is 0.0405. The summed E-state index contributed by atoms with van der Waals surface area (Å²) in [6, 6.07) is 8.60. The van der Waals surface area contributed by atoms with Crippen LogP contribution in [0.2, 0.25) is 0 Å². The van der Waals surface area contributed by atoms with Gasteiger partial charge in [0, 0.05) is 5.92 Å². The molecule has 0 fully saturated rings. The van der Waals surface area contributed by atoms with Crippen LogP contribution >= 0.6 is 7.75 Å². The van der Waals surface area contributed by atoms with Crippen molar-refractivity contribution in [3.05, 3.63) is 60.7 Å². The number of anilines is 1. The molecule has 4 atom stereocenters. The first-order valence-electron chi connectivity index (χ1n) is 11.7. The van der Waals surface area contributed by atoms with Crippen LogP contribution in [0.4, 0.5) is 5.82 Å². The Labute approximate surface area is 208 Å². The lowest BCUT2D eigenvalue weighted by molar-refractivity contribution is -0.126. The van der Waals surface area contributed by atoms with Crippen molar-refractivity contribution < 1.29 is 23.6 Å². The van der Waals surface area contributed by atoms with Crippen molar-refractivity contribution in [3.63, 3.8) is 0 Å². The van der Waals surface area contributed by atoms with Gasteiger partial charge in [-0.25, -0.2) is 19.5 Å². The summed E-state index contributed by atoms with van der Waals surface area (Å²) in [5, 5.41) is 2.12. The summed E-state index contributed by atoms with van der Waals surface area (Å²) in [6.07, 6.45) is 8.59. The predicted octanol–water partition coefficient (Wildman–Crippen LogP) is 2.65. The van der Waals surface area contributed by atoms with Crippen molar-refractivity contribution in [2.75, 3.05) is 12.3 Å². The number of nitrogens with two attached hydrogens (primary N) is 1. The van der Waals surface area contributed by atoms with Gasteiger partial charge in [-0.05, 0) is 18.4 Å². The number of amides is 1. The number of hydrogen-bond acceptors (Lipinski definition) is 9. The van der Waals surface area contributed by atoms with Gasteiger partial charge in [0.2, 0.25) is 5.91 Å². The molecule has 0 radical (unpaired) electrons. The van der Waals surface area contributed by atoms with Gasteiger partial charge in [-0.1, -0.05) is 55.8 Å². The summed E-state index contributed by atoms with van der Waals surface area (Å²) >= 11 is 0. The van der Waals surface area contributed by atoms with E-state index in [1.165, 1.54) is 6.33 Å². The van der Waals surface area contributed by atoms with E-state index in [-0.39, 0.29) is 25.2 Å². The normalized spacial score (nSPS) is 19.8. The minimum Gasteiger partial charge on any atom is -0.382 e. The number of allylic oxidation sites excluding steroid dienone is 1. The fraction of sp³-hybridized carbons (Fsp3) is 0.391. The lowest BCUT2D eigenvalue weighted by atomic mass is 10.1. The number of hydrogen-bond donors (Lipinski definition) is 4. The van der Waals surface area contributed by atoms with Crippen LogP contribution in [0.25, 0.3) is 11.2 Å². The molecular formula is C23H30N7O5P. The van der Waals surface area contributed by atoms with Crippen LogP contribution in [-0.4, -0.2) is 43.0 Å². The summed E-state index contributed by atoms with van der Waals surface area (Å²) < 4.78 is 19.7. The predicted molar refractivity (Wildman–Crippen MR) is 133 cm³/mol. The molecule has 12 nitrogen and oxygen atoms in total. The molecule has 192 valence electrons. The number of fused-ring (bicyclic) bond motifs is 1. The van der Waals surface area contributed by atoms with Crippen LogP contribution in [0.5, 0.6) is 0 Å².